The molecule has 1 saturated carbocycles. The average molecular weight is 411 g/mol. The summed E-state index contributed by atoms with van der Waals surface area (Å²) in [6.07, 6.45) is -2.35. The Labute approximate surface area is 166 Å². The van der Waals surface area contributed by atoms with Gasteiger partial charge >= 0.3 is 12.4 Å². The zero-order valence-electron chi connectivity index (χ0n) is 16.2. The minimum Gasteiger partial charge on any atom is -0.424 e. The van der Waals surface area contributed by atoms with E-state index < -0.39 is 6.36 Å². The fraction of sp³-hybridized carbons (Fsp3) is 0.579. The number of rotatable bonds is 6. The van der Waals surface area contributed by atoms with Gasteiger partial charge in [0.1, 0.15) is 11.5 Å². The smallest absolute Gasteiger partial charge is 0.424 e. The Balaban J connectivity index is 1.48. The second-order valence-corrected chi connectivity index (χ2v) is 7.80. The SMILES string of the molecule is CC(C)n1nc(N[C@@H]2[C@@H]3CC[C@H]2CNC3)nc1Oc1ccc(OC(F)(F)F)cc1. The van der Waals surface area contributed by atoms with Crippen LogP contribution in [0, 0.1) is 11.8 Å². The van der Waals surface area contributed by atoms with Gasteiger partial charge in [-0.15, -0.1) is 18.3 Å². The number of hydrogen-bond donors (Lipinski definition) is 2. The van der Waals surface area contributed by atoms with Gasteiger partial charge in [-0.3, -0.25) is 0 Å². The lowest BCUT2D eigenvalue weighted by molar-refractivity contribution is -0.274. The maximum atomic E-state index is 12.3. The van der Waals surface area contributed by atoms with Gasteiger partial charge in [0.25, 0.3) is 0 Å². The highest BCUT2D eigenvalue weighted by molar-refractivity contribution is 5.35. The summed E-state index contributed by atoms with van der Waals surface area (Å²) in [6.45, 7) is 5.91. The molecule has 2 aromatic rings. The summed E-state index contributed by atoms with van der Waals surface area (Å²) in [7, 11) is 0. The standard InChI is InChI=1S/C19H24F3N5O2/c1-11(2)27-18(28-14-5-7-15(8-6-14)29-19(20,21)22)25-17(26-27)24-16-12-3-4-13(16)10-23-9-12/h5-8,11-13,16,23H,3-4,9-10H2,1-2H3,(H,24,26)/t12-,13+,16-. The number of alkyl halides is 3. The zero-order chi connectivity index (χ0) is 20.6. The topological polar surface area (TPSA) is 73.2 Å². The van der Waals surface area contributed by atoms with Crippen LogP contribution in [0.4, 0.5) is 19.1 Å². The quantitative estimate of drug-likeness (QED) is 0.750. The lowest BCUT2D eigenvalue weighted by Crippen LogP contribution is -2.45. The van der Waals surface area contributed by atoms with Crippen LogP contribution in [0.15, 0.2) is 24.3 Å². The maximum absolute atomic E-state index is 12.3. The monoisotopic (exact) mass is 411 g/mol. The Bertz CT molecular complexity index is 821. The average Bonchev–Trinajstić information content (AvgIpc) is 3.12. The summed E-state index contributed by atoms with van der Waals surface area (Å²) in [5.74, 6) is 1.67. The van der Waals surface area contributed by atoms with E-state index in [0.717, 1.165) is 13.1 Å². The molecule has 2 heterocycles. The van der Waals surface area contributed by atoms with E-state index >= 15 is 0 Å². The molecule has 2 bridgehead atoms. The van der Waals surface area contributed by atoms with Crippen molar-refractivity contribution in [3.63, 3.8) is 0 Å². The van der Waals surface area contributed by atoms with Gasteiger partial charge in [-0.1, -0.05) is 0 Å². The number of nitrogens with one attached hydrogen (secondary N) is 2. The van der Waals surface area contributed by atoms with Crippen LogP contribution in [0.2, 0.25) is 0 Å². The number of halogens is 3. The number of hydrogen-bond acceptors (Lipinski definition) is 6. The summed E-state index contributed by atoms with van der Waals surface area (Å²) >= 11 is 0. The van der Waals surface area contributed by atoms with Crippen LogP contribution in [0.25, 0.3) is 0 Å². The Morgan fingerprint density at radius 1 is 1.10 bits per heavy atom. The number of benzene rings is 1. The lowest BCUT2D eigenvalue weighted by Gasteiger charge is -2.30. The van der Waals surface area contributed by atoms with Crippen molar-refractivity contribution in [2.24, 2.45) is 11.8 Å². The second kappa shape index (κ2) is 7.74. The molecule has 2 aliphatic rings. The first-order valence-electron chi connectivity index (χ1n) is 9.76. The molecule has 1 saturated heterocycles. The number of fused-ring (bicyclic) bond motifs is 2. The molecule has 1 aliphatic heterocycles. The van der Waals surface area contributed by atoms with Crippen LogP contribution in [0.5, 0.6) is 17.5 Å². The number of ether oxygens (including phenoxy) is 2. The highest BCUT2D eigenvalue weighted by Crippen LogP contribution is 2.36. The van der Waals surface area contributed by atoms with Gasteiger partial charge in [0.2, 0.25) is 5.95 Å². The summed E-state index contributed by atoms with van der Waals surface area (Å²) < 4.78 is 48.2. The predicted molar refractivity (Wildman–Crippen MR) is 100 cm³/mol. The molecule has 3 atom stereocenters. The van der Waals surface area contributed by atoms with Gasteiger partial charge in [-0.05, 0) is 75.9 Å². The third-order valence-corrected chi connectivity index (χ3v) is 5.39. The molecular formula is C19H24F3N5O2. The molecule has 10 heteroatoms. The molecule has 4 rings (SSSR count). The summed E-state index contributed by atoms with van der Waals surface area (Å²) in [6, 6.07) is 5.83. The van der Waals surface area contributed by atoms with Crippen molar-refractivity contribution in [2.75, 3.05) is 18.4 Å². The third kappa shape index (κ3) is 4.58. The second-order valence-electron chi connectivity index (χ2n) is 7.80. The molecule has 7 nitrogen and oxygen atoms in total. The normalized spacial score (nSPS) is 24.0. The highest BCUT2D eigenvalue weighted by atomic mass is 19.4. The Morgan fingerprint density at radius 3 is 2.31 bits per heavy atom. The van der Waals surface area contributed by atoms with E-state index in [2.05, 4.69) is 25.5 Å². The van der Waals surface area contributed by atoms with Crippen molar-refractivity contribution in [1.29, 1.82) is 0 Å². The zero-order valence-corrected chi connectivity index (χ0v) is 16.2. The van der Waals surface area contributed by atoms with Crippen LogP contribution in [-0.4, -0.2) is 40.3 Å². The Kier molecular flexibility index (Phi) is 5.28. The molecule has 1 aromatic carbocycles. The molecule has 0 amide bonds. The van der Waals surface area contributed by atoms with E-state index in [0.29, 0.717) is 29.6 Å². The van der Waals surface area contributed by atoms with Crippen molar-refractivity contribution in [3.8, 4) is 17.5 Å². The van der Waals surface area contributed by atoms with Crippen molar-refractivity contribution < 1.29 is 22.6 Å². The number of aromatic nitrogens is 3. The van der Waals surface area contributed by atoms with E-state index in [-0.39, 0.29) is 17.8 Å². The Morgan fingerprint density at radius 2 is 1.72 bits per heavy atom. The van der Waals surface area contributed by atoms with Gasteiger partial charge in [-0.2, -0.15) is 4.98 Å². The van der Waals surface area contributed by atoms with Crippen LogP contribution < -0.4 is 20.1 Å². The maximum Gasteiger partial charge on any atom is 0.573 e. The van der Waals surface area contributed by atoms with Crippen LogP contribution in [0.1, 0.15) is 32.7 Å². The van der Waals surface area contributed by atoms with Gasteiger partial charge in [0.05, 0.1) is 6.04 Å². The minimum absolute atomic E-state index is 0.00521. The fourth-order valence-corrected chi connectivity index (χ4v) is 4.06. The van der Waals surface area contributed by atoms with E-state index in [1.165, 1.54) is 37.1 Å². The van der Waals surface area contributed by atoms with Crippen molar-refractivity contribution in [3.05, 3.63) is 24.3 Å². The molecule has 1 aliphatic carbocycles. The molecule has 1 aromatic heterocycles. The number of nitrogens with zero attached hydrogens (tertiary/aromatic N) is 3. The van der Waals surface area contributed by atoms with Gasteiger partial charge < -0.3 is 20.1 Å². The van der Waals surface area contributed by atoms with Crippen molar-refractivity contribution >= 4 is 5.95 Å². The highest BCUT2D eigenvalue weighted by Gasteiger charge is 2.39. The molecule has 29 heavy (non-hydrogen) atoms. The van der Waals surface area contributed by atoms with Crippen molar-refractivity contribution in [2.45, 2.75) is 45.1 Å². The van der Waals surface area contributed by atoms with Crippen LogP contribution >= 0.6 is 0 Å². The largest absolute Gasteiger partial charge is 0.573 e. The first-order chi connectivity index (χ1) is 13.8. The molecular weight excluding hydrogens is 387 g/mol. The number of piperidine rings is 1. The van der Waals surface area contributed by atoms with E-state index in [4.69, 9.17) is 4.74 Å². The summed E-state index contributed by atoms with van der Waals surface area (Å²) in [5, 5.41) is 11.5. The minimum atomic E-state index is -4.73. The lowest BCUT2D eigenvalue weighted by atomic mass is 9.94. The molecule has 0 spiro atoms. The molecule has 158 valence electrons. The van der Waals surface area contributed by atoms with Gasteiger partial charge in [0.15, 0.2) is 0 Å². The van der Waals surface area contributed by atoms with Crippen LogP contribution in [-0.2, 0) is 0 Å². The predicted octanol–water partition coefficient (Wildman–Crippen LogP) is 3.96. The van der Waals surface area contributed by atoms with E-state index in [9.17, 15) is 13.2 Å². The van der Waals surface area contributed by atoms with Gasteiger partial charge in [0, 0.05) is 6.04 Å². The summed E-state index contributed by atoms with van der Waals surface area (Å²) in [4.78, 5) is 4.49. The first-order valence-corrected chi connectivity index (χ1v) is 9.76. The molecule has 0 unspecified atom stereocenters. The molecule has 2 fully saturated rings. The number of anilines is 1. The Hall–Kier alpha value is -2.49. The molecule has 2 N–H and O–H groups in total. The first kappa shape index (κ1) is 19.8. The van der Waals surface area contributed by atoms with E-state index in [1.807, 2.05) is 13.8 Å². The fourth-order valence-electron chi connectivity index (χ4n) is 4.06. The van der Waals surface area contributed by atoms with Crippen LogP contribution in [0.3, 0.4) is 0 Å². The third-order valence-electron chi connectivity index (χ3n) is 5.39. The van der Waals surface area contributed by atoms with Gasteiger partial charge in [-0.25, -0.2) is 4.68 Å². The summed E-state index contributed by atoms with van der Waals surface area (Å²) in [5.41, 5.74) is 0. The van der Waals surface area contributed by atoms with Crippen molar-refractivity contribution in [1.82, 2.24) is 20.1 Å². The molecule has 0 radical (unpaired) electrons. The van der Waals surface area contributed by atoms with E-state index in [1.54, 1.807) is 4.68 Å².